The molecule has 130 valence electrons. The second kappa shape index (κ2) is 7.31. The summed E-state index contributed by atoms with van der Waals surface area (Å²) in [5.74, 6) is 0. The molecule has 0 atom stereocenters. The largest absolute Gasteiger partial charge is 0.366 e. The molecular formula is C15H22ClN7O. The van der Waals surface area contributed by atoms with Crippen LogP contribution in [0.25, 0.3) is 0 Å². The lowest BCUT2D eigenvalue weighted by Gasteiger charge is -2.36. The zero-order valence-electron chi connectivity index (χ0n) is 14.0. The van der Waals surface area contributed by atoms with Gasteiger partial charge in [0.2, 0.25) is 0 Å². The van der Waals surface area contributed by atoms with Gasteiger partial charge in [-0.05, 0) is 13.8 Å². The third kappa shape index (κ3) is 3.59. The van der Waals surface area contributed by atoms with E-state index in [1.54, 1.807) is 23.4 Å². The molecule has 9 heteroatoms. The second-order valence-electron chi connectivity index (χ2n) is 6.14. The molecule has 1 aliphatic heterocycles. The van der Waals surface area contributed by atoms with E-state index in [1.807, 2.05) is 13.8 Å². The summed E-state index contributed by atoms with van der Waals surface area (Å²) >= 11 is 6.29. The highest BCUT2D eigenvalue weighted by Gasteiger charge is 2.21. The van der Waals surface area contributed by atoms with E-state index in [1.165, 1.54) is 4.68 Å². The molecule has 0 aliphatic carbocycles. The van der Waals surface area contributed by atoms with Crippen LogP contribution in [0.15, 0.2) is 23.4 Å². The van der Waals surface area contributed by atoms with Crippen molar-refractivity contribution in [1.29, 1.82) is 0 Å². The maximum atomic E-state index is 12.3. The fourth-order valence-electron chi connectivity index (χ4n) is 2.83. The Balaban J connectivity index is 1.60. The van der Waals surface area contributed by atoms with Crippen LogP contribution in [0.1, 0.15) is 19.9 Å². The predicted octanol–water partition coefficient (Wildman–Crippen LogP) is 0.891. The normalized spacial score (nSPS) is 16.1. The average Bonchev–Trinajstić information content (AvgIpc) is 3.09. The second-order valence-corrected chi connectivity index (χ2v) is 6.52. The minimum absolute atomic E-state index is 0.00296. The third-order valence-electron chi connectivity index (χ3n) is 4.21. The molecule has 0 aromatic carbocycles. The number of anilines is 1. The summed E-state index contributed by atoms with van der Waals surface area (Å²) in [6.45, 7) is 8.96. The molecule has 0 unspecified atom stereocenters. The zero-order chi connectivity index (χ0) is 17.1. The molecule has 0 saturated carbocycles. The Kier molecular flexibility index (Phi) is 5.15. The first-order chi connectivity index (χ1) is 11.6. The Hall–Kier alpha value is -1.93. The van der Waals surface area contributed by atoms with Crippen LogP contribution in [-0.4, -0.2) is 62.4 Å². The van der Waals surface area contributed by atoms with Crippen molar-refractivity contribution >= 4 is 17.3 Å². The molecule has 1 aliphatic rings. The number of halogens is 1. The monoisotopic (exact) mass is 351 g/mol. The summed E-state index contributed by atoms with van der Waals surface area (Å²) in [4.78, 5) is 18.5. The van der Waals surface area contributed by atoms with Crippen molar-refractivity contribution in [3.05, 3.63) is 34.0 Å². The number of nitrogens with zero attached hydrogens (tertiary/aromatic N) is 7. The number of hydrogen-bond acceptors (Lipinski definition) is 6. The molecule has 1 fully saturated rings. The Morgan fingerprint density at radius 3 is 2.38 bits per heavy atom. The molecule has 2 aromatic rings. The smallest absolute Gasteiger partial charge is 0.287 e. The molecule has 0 amide bonds. The van der Waals surface area contributed by atoms with Gasteiger partial charge in [-0.25, -0.2) is 4.68 Å². The molecule has 0 spiro atoms. The highest BCUT2D eigenvalue weighted by Crippen LogP contribution is 2.22. The Bertz CT molecular complexity index is 720. The van der Waals surface area contributed by atoms with Crippen LogP contribution in [0, 0.1) is 0 Å². The van der Waals surface area contributed by atoms with Crippen molar-refractivity contribution in [3.63, 3.8) is 0 Å². The van der Waals surface area contributed by atoms with E-state index in [4.69, 9.17) is 11.6 Å². The van der Waals surface area contributed by atoms with Crippen LogP contribution >= 0.6 is 11.6 Å². The van der Waals surface area contributed by atoms with Crippen molar-refractivity contribution < 1.29 is 0 Å². The fraction of sp³-hybridized carbons (Fsp3) is 0.600. The summed E-state index contributed by atoms with van der Waals surface area (Å²) in [5.41, 5.74) is 0.503. The van der Waals surface area contributed by atoms with Gasteiger partial charge in [0.05, 0.1) is 36.9 Å². The minimum Gasteiger partial charge on any atom is -0.366 e. The van der Waals surface area contributed by atoms with E-state index in [9.17, 15) is 4.79 Å². The first-order valence-electron chi connectivity index (χ1n) is 8.15. The van der Waals surface area contributed by atoms with Crippen molar-refractivity contribution in [2.24, 2.45) is 0 Å². The van der Waals surface area contributed by atoms with Crippen LogP contribution in [-0.2, 0) is 6.54 Å². The van der Waals surface area contributed by atoms with E-state index in [0.717, 1.165) is 45.0 Å². The molecular weight excluding hydrogens is 330 g/mol. The van der Waals surface area contributed by atoms with Crippen molar-refractivity contribution in [2.45, 2.75) is 26.4 Å². The van der Waals surface area contributed by atoms with Gasteiger partial charge in [-0.1, -0.05) is 11.6 Å². The summed E-state index contributed by atoms with van der Waals surface area (Å²) in [6.07, 6.45) is 5.08. The Morgan fingerprint density at radius 1 is 1.08 bits per heavy atom. The van der Waals surface area contributed by atoms with Crippen molar-refractivity contribution in [1.82, 2.24) is 29.7 Å². The molecule has 0 N–H and O–H groups in total. The standard InChI is InChI=1S/C15H22ClN7O/c1-12(2)23-15(24)14(16)13(11-19-23)21-8-5-20(6-9-21)7-10-22-17-3-4-18-22/h3-4,11-12H,5-10H2,1-2H3. The zero-order valence-corrected chi connectivity index (χ0v) is 14.7. The summed E-state index contributed by atoms with van der Waals surface area (Å²) < 4.78 is 1.42. The third-order valence-corrected chi connectivity index (χ3v) is 4.57. The molecule has 3 heterocycles. The van der Waals surface area contributed by atoms with Gasteiger partial charge < -0.3 is 4.90 Å². The minimum atomic E-state index is -0.226. The summed E-state index contributed by atoms with van der Waals surface area (Å²) in [5, 5.41) is 12.7. The highest BCUT2D eigenvalue weighted by atomic mass is 35.5. The number of rotatable bonds is 5. The highest BCUT2D eigenvalue weighted by molar-refractivity contribution is 6.33. The van der Waals surface area contributed by atoms with Gasteiger partial charge in [0.25, 0.3) is 5.56 Å². The molecule has 2 aromatic heterocycles. The first-order valence-corrected chi connectivity index (χ1v) is 8.53. The van der Waals surface area contributed by atoms with Crippen LogP contribution in [0.4, 0.5) is 5.69 Å². The topological polar surface area (TPSA) is 72.1 Å². The molecule has 24 heavy (non-hydrogen) atoms. The van der Waals surface area contributed by atoms with E-state index >= 15 is 0 Å². The van der Waals surface area contributed by atoms with Gasteiger partial charge in [-0.15, -0.1) is 0 Å². The van der Waals surface area contributed by atoms with Crippen LogP contribution in [0.2, 0.25) is 5.02 Å². The van der Waals surface area contributed by atoms with Gasteiger partial charge >= 0.3 is 0 Å². The SMILES string of the molecule is CC(C)n1ncc(N2CCN(CCn3nccn3)CC2)c(Cl)c1=O. The molecule has 8 nitrogen and oxygen atoms in total. The van der Waals surface area contributed by atoms with Gasteiger partial charge in [0.1, 0.15) is 5.02 Å². The maximum absolute atomic E-state index is 12.3. The van der Waals surface area contributed by atoms with Crippen LogP contribution in [0.3, 0.4) is 0 Å². The number of aromatic nitrogens is 5. The van der Waals surface area contributed by atoms with E-state index in [2.05, 4.69) is 25.1 Å². The predicted molar refractivity (Wildman–Crippen MR) is 92.6 cm³/mol. The lowest BCUT2D eigenvalue weighted by molar-refractivity contribution is 0.239. The van der Waals surface area contributed by atoms with Crippen LogP contribution in [0.5, 0.6) is 0 Å². The molecule has 3 rings (SSSR count). The maximum Gasteiger partial charge on any atom is 0.287 e. The molecule has 0 radical (unpaired) electrons. The van der Waals surface area contributed by atoms with Crippen molar-refractivity contribution in [3.8, 4) is 0 Å². The Labute approximate surface area is 145 Å². The first kappa shape index (κ1) is 16.9. The van der Waals surface area contributed by atoms with Crippen molar-refractivity contribution in [2.75, 3.05) is 37.6 Å². The average molecular weight is 352 g/mol. The summed E-state index contributed by atoms with van der Waals surface area (Å²) in [7, 11) is 0. The van der Waals surface area contributed by atoms with E-state index in [-0.39, 0.29) is 16.6 Å². The van der Waals surface area contributed by atoms with E-state index < -0.39 is 0 Å². The Morgan fingerprint density at radius 2 is 1.75 bits per heavy atom. The van der Waals surface area contributed by atoms with Gasteiger partial charge in [0, 0.05) is 32.7 Å². The van der Waals surface area contributed by atoms with Gasteiger partial charge in [-0.2, -0.15) is 20.1 Å². The fourth-order valence-corrected chi connectivity index (χ4v) is 3.08. The van der Waals surface area contributed by atoms with Gasteiger partial charge in [-0.3, -0.25) is 9.69 Å². The van der Waals surface area contributed by atoms with Crippen LogP contribution < -0.4 is 10.5 Å². The lowest BCUT2D eigenvalue weighted by atomic mass is 10.2. The lowest BCUT2D eigenvalue weighted by Crippen LogP contribution is -2.48. The molecule has 0 bridgehead atoms. The number of piperazine rings is 1. The summed E-state index contributed by atoms with van der Waals surface area (Å²) in [6, 6.07) is -0.00296. The van der Waals surface area contributed by atoms with Gasteiger partial charge in [0.15, 0.2) is 0 Å². The van der Waals surface area contributed by atoms with E-state index in [0.29, 0.717) is 0 Å². The quantitative estimate of drug-likeness (QED) is 0.796. The molecule has 1 saturated heterocycles. The number of hydrogen-bond donors (Lipinski definition) is 0.